The maximum absolute atomic E-state index is 13.1. The Bertz CT molecular complexity index is 852. The van der Waals surface area contributed by atoms with Crippen LogP contribution in [0.3, 0.4) is 0 Å². The fourth-order valence-electron chi connectivity index (χ4n) is 4.73. The first kappa shape index (κ1) is 19.0. The third-order valence-corrected chi connectivity index (χ3v) is 10.4. The molecule has 4 aliphatic rings. The summed E-state index contributed by atoms with van der Waals surface area (Å²) in [5.41, 5.74) is 7.31. The highest BCUT2D eigenvalue weighted by molar-refractivity contribution is 8.17. The molecule has 152 valence electrons. The highest BCUT2D eigenvalue weighted by atomic mass is 32.2. The van der Waals surface area contributed by atoms with Crippen molar-refractivity contribution in [3.05, 3.63) is 37.9 Å². The van der Waals surface area contributed by atoms with Gasteiger partial charge in [0.2, 0.25) is 0 Å². The van der Waals surface area contributed by atoms with Crippen LogP contribution in [0.1, 0.15) is 51.1 Å². The molecular formula is C19H27N5OS3. The molecule has 3 N–H and O–H groups in total. The predicted molar refractivity (Wildman–Crippen MR) is 116 cm³/mol. The molecule has 5 rings (SSSR count). The highest BCUT2D eigenvalue weighted by Gasteiger charge is 2.55. The smallest absolute Gasteiger partial charge is 0.122 e. The van der Waals surface area contributed by atoms with Crippen LogP contribution in [-0.4, -0.2) is 31.5 Å². The van der Waals surface area contributed by atoms with E-state index in [0.29, 0.717) is 11.8 Å². The molecule has 0 amide bonds. The van der Waals surface area contributed by atoms with Gasteiger partial charge in [0.05, 0.1) is 37.8 Å². The molecule has 6 nitrogen and oxygen atoms in total. The van der Waals surface area contributed by atoms with Gasteiger partial charge in [0, 0.05) is 34.9 Å². The fraction of sp³-hybridized carbons (Fsp3) is 0.632. The number of piperidine rings is 1. The van der Waals surface area contributed by atoms with Gasteiger partial charge in [0.25, 0.3) is 0 Å². The Labute approximate surface area is 177 Å². The van der Waals surface area contributed by atoms with Crippen molar-refractivity contribution in [2.45, 2.75) is 57.6 Å². The molecule has 0 spiro atoms. The van der Waals surface area contributed by atoms with Crippen LogP contribution in [0.5, 0.6) is 0 Å². The number of hydrogen-bond acceptors (Lipinski definition) is 8. The molecule has 0 bridgehead atoms. The molecule has 1 aromatic heterocycles. The SMILES string of the molecule is CCCCS(=O)C1=C2NN3C(C)=C(C)NC3C3CC(c4nccs4)NC(S1)C23. The lowest BCUT2D eigenvalue weighted by Gasteiger charge is -2.49. The van der Waals surface area contributed by atoms with Gasteiger partial charge in [0.15, 0.2) is 0 Å². The number of aromatic nitrogens is 1. The van der Waals surface area contributed by atoms with Crippen LogP contribution < -0.4 is 16.1 Å². The van der Waals surface area contributed by atoms with E-state index in [9.17, 15) is 4.21 Å². The first-order valence-electron chi connectivity index (χ1n) is 10.0. The summed E-state index contributed by atoms with van der Waals surface area (Å²) in [6.07, 6.45) is 5.24. The minimum atomic E-state index is -0.935. The number of nitrogens with zero attached hydrogens (tertiary/aromatic N) is 2. The first-order valence-corrected chi connectivity index (χ1v) is 13.1. The Morgan fingerprint density at radius 3 is 3.00 bits per heavy atom. The molecule has 6 atom stereocenters. The number of hydrazine groups is 1. The van der Waals surface area contributed by atoms with Crippen molar-refractivity contribution < 1.29 is 4.21 Å². The molecule has 28 heavy (non-hydrogen) atoms. The van der Waals surface area contributed by atoms with E-state index in [2.05, 4.69) is 52.2 Å². The monoisotopic (exact) mass is 437 g/mol. The summed E-state index contributed by atoms with van der Waals surface area (Å²) in [5, 5.41) is 13.3. The molecule has 0 aliphatic carbocycles. The largest absolute Gasteiger partial charge is 0.366 e. The molecule has 2 fully saturated rings. The van der Waals surface area contributed by atoms with Crippen molar-refractivity contribution in [1.29, 1.82) is 0 Å². The van der Waals surface area contributed by atoms with Crippen LogP contribution in [-0.2, 0) is 10.8 Å². The van der Waals surface area contributed by atoms with Crippen molar-refractivity contribution in [2.75, 3.05) is 5.75 Å². The number of allylic oxidation sites excluding steroid dienone is 2. The van der Waals surface area contributed by atoms with E-state index in [1.807, 2.05) is 6.20 Å². The van der Waals surface area contributed by atoms with Crippen LogP contribution in [0.25, 0.3) is 0 Å². The topological polar surface area (TPSA) is 69.3 Å². The second-order valence-electron chi connectivity index (χ2n) is 7.94. The number of thioether (sulfide) groups is 1. The number of hydrogen-bond donors (Lipinski definition) is 3. The summed E-state index contributed by atoms with van der Waals surface area (Å²) in [6.45, 7) is 6.46. The summed E-state index contributed by atoms with van der Waals surface area (Å²) >= 11 is 3.51. The molecule has 0 radical (unpaired) electrons. The standard InChI is InChI=1S/C19H27N5OS3/c1-4-5-8-28(25)19-15-14-12(16-21-10(2)11(3)24(16)23-15)9-13(22-18(14)27-19)17-20-6-7-26-17/h6-7,12-14,16,18,21-23H,4-5,8-9H2,1-3H3. The maximum atomic E-state index is 13.1. The van der Waals surface area contributed by atoms with Crippen LogP contribution in [0, 0.1) is 11.8 Å². The van der Waals surface area contributed by atoms with Gasteiger partial charge < -0.3 is 5.32 Å². The molecule has 5 heterocycles. The van der Waals surface area contributed by atoms with E-state index in [-0.39, 0.29) is 17.6 Å². The lowest BCUT2D eigenvalue weighted by molar-refractivity contribution is 0.0329. The molecule has 0 aromatic carbocycles. The van der Waals surface area contributed by atoms with Crippen molar-refractivity contribution >= 4 is 33.9 Å². The zero-order chi connectivity index (χ0) is 19.4. The quantitative estimate of drug-likeness (QED) is 0.653. The average Bonchev–Trinajstić information content (AvgIpc) is 3.41. The van der Waals surface area contributed by atoms with Crippen molar-refractivity contribution in [1.82, 2.24) is 26.1 Å². The second-order valence-corrected chi connectivity index (χ2v) is 11.8. The van der Waals surface area contributed by atoms with E-state index in [1.54, 1.807) is 23.1 Å². The van der Waals surface area contributed by atoms with Crippen molar-refractivity contribution in [3.8, 4) is 0 Å². The van der Waals surface area contributed by atoms with Gasteiger partial charge in [-0.15, -0.1) is 11.3 Å². The maximum Gasteiger partial charge on any atom is 0.122 e. The zero-order valence-corrected chi connectivity index (χ0v) is 18.8. The third-order valence-electron chi connectivity index (χ3n) is 6.28. The van der Waals surface area contributed by atoms with Crippen LogP contribution in [0.2, 0.25) is 0 Å². The number of rotatable bonds is 5. The predicted octanol–water partition coefficient (Wildman–Crippen LogP) is 3.20. The van der Waals surface area contributed by atoms with Crippen molar-refractivity contribution in [2.24, 2.45) is 11.8 Å². The Morgan fingerprint density at radius 1 is 1.39 bits per heavy atom. The summed E-state index contributed by atoms with van der Waals surface area (Å²) in [7, 11) is -0.935. The zero-order valence-electron chi connectivity index (χ0n) is 16.4. The van der Waals surface area contributed by atoms with E-state index < -0.39 is 10.8 Å². The van der Waals surface area contributed by atoms with Crippen LogP contribution in [0.15, 0.2) is 32.9 Å². The van der Waals surface area contributed by atoms with Gasteiger partial charge >= 0.3 is 0 Å². The number of thiazole rings is 1. The fourth-order valence-corrected chi connectivity index (χ4v) is 8.85. The minimum absolute atomic E-state index is 0.241. The highest BCUT2D eigenvalue weighted by Crippen LogP contribution is 2.54. The first-order chi connectivity index (χ1) is 13.6. The number of unbranched alkanes of at least 4 members (excludes halogenated alkanes) is 1. The average molecular weight is 438 g/mol. The Kier molecular flexibility index (Phi) is 4.97. The number of fused-ring (bicyclic) bond motifs is 2. The third kappa shape index (κ3) is 2.93. The van der Waals surface area contributed by atoms with Gasteiger partial charge in [0.1, 0.15) is 11.2 Å². The van der Waals surface area contributed by atoms with Gasteiger partial charge in [-0.2, -0.15) is 0 Å². The van der Waals surface area contributed by atoms with Gasteiger partial charge in [-0.25, -0.2) is 4.98 Å². The van der Waals surface area contributed by atoms with E-state index in [4.69, 9.17) is 0 Å². The molecule has 1 aromatic rings. The molecule has 2 saturated heterocycles. The Hall–Kier alpha value is -1.03. The molecular weight excluding hydrogens is 410 g/mol. The Balaban J connectivity index is 1.51. The summed E-state index contributed by atoms with van der Waals surface area (Å²) in [4.78, 5) is 4.58. The van der Waals surface area contributed by atoms with Crippen LogP contribution >= 0.6 is 23.1 Å². The Morgan fingerprint density at radius 2 is 2.25 bits per heavy atom. The van der Waals surface area contributed by atoms with Gasteiger partial charge in [-0.05, 0) is 26.7 Å². The molecule has 9 heteroatoms. The van der Waals surface area contributed by atoms with Gasteiger partial charge in [-0.3, -0.25) is 20.0 Å². The second kappa shape index (κ2) is 7.34. The molecule has 6 unspecified atom stereocenters. The number of nitrogens with one attached hydrogen (secondary N) is 3. The van der Waals surface area contributed by atoms with E-state index in [1.165, 1.54) is 17.1 Å². The van der Waals surface area contributed by atoms with Crippen LogP contribution in [0.4, 0.5) is 0 Å². The minimum Gasteiger partial charge on any atom is -0.366 e. The lowest BCUT2D eigenvalue weighted by Crippen LogP contribution is -2.62. The lowest BCUT2D eigenvalue weighted by atomic mass is 9.78. The molecule has 4 aliphatic heterocycles. The summed E-state index contributed by atoms with van der Waals surface area (Å²) < 4.78 is 14.2. The van der Waals surface area contributed by atoms with E-state index in [0.717, 1.165) is 34.3 Å². The van der Waals surface area contributed by atoms with E-state index >= 15 is 0 Å². The van der Waals surface area contributed by atoms with Gasteiger partial charge in [-0.1, -0.05) is 25.1 Å². The summed E-state index contributed by atoms with van der Waals surface area (Å²) in [5.74, 6) is 1.55. The molecule has 0 saturated carbocycles. The normalized spacial score (nSPS) is 34.8. The van der Waals surface area contributed by atoms with Crippen molar-refractivity contribution in [3.63, 3.8) is 0 Å². The summed E-state index contributed by atoms with van der Waals surface area (Å²) in [6, 6.07) is 0.256.